The molecule has 1 aromatic rings. The summed E-state index contributed by atoms with van der Waals surface area (Å²) in [7, 11) is -3.81. The van der Waals surface area contributed by atoms with E-state index < -0.39 is 20.3 Å². The molecule has 1 aromatic carbocycles. The number of rotatable bonds is 2. The predicted octanol–water partition coefficient (Wildman–Crippen LogP) is 1.58. The Kier molecular flexibility index (Phi) is 3.21. The summed E-state index contributed by atoms with van der Waals surface area (Å²) in [6.45, 7) is 2.03. The maximum atomic E-state index is 12.6. The van der Waals surface area contributed by atoms with Gasteiger partial charge in [0.15, 0.2) is 15.6 Å². The summed E-state index contributed by atoms with van der Waals surface area (Å²) < 4.78 is 29.2. The number of nitrogens with two attached hydrogens (primary N) is 1. The average Bonchev–Trinajstić information content (AvgIpc) is 2.73. The topological polar surface area (TPSA) is 89.6 Å². The number of halogens is 1. The van der Waals surface area contributed by atoms with Gasteiger partial charge in [-0.15, -0.1) is 0 Å². The molecule has 1 aliphatic heterocycles. The molecule has 18 heavy (non-hydrogen) atoms. The zero-order chi connectivity index (χ0) is 13.6. The summed E-state index contributed by atoms with van der Waals surface area (Å²) in [6.07, 6.45) is 0.361. The fraction of sp³-hybridized carbons (Fsp3) is 0.455. The molecule has 1 saturated heterocycles. The Morgan fingerprint density at radius 2 is 2.17 bits per heavy atom. The van der Waals surface area contributed by atoms with Crippen LogP contribution in [0.3, 0.4) is 0 Å². The largest absolute Gasteiger partial charge is 0.504 e. The summed E-state index contributed by atoms with van der Waals surface area (Å²) in [6, 6.07) is 2.73. The van der Waals surface area contributed by atoms with Crippen LogP contribution in [0.25, 0.3) is 0 Å². The van der Waals surface area contributed by atoms with Crippen LogP contribution in [0.2, 0.25) is 5.02 Å². The minimum atomic E-state index is -3.81. The van der Waals surface area contributed by atoms with Crippen molar-refractivity contribution in [3.8, 4) is 5.75 Å². The maximum Gasteiger partial charge on any atom is 0.191 e. The van der Waals surface area contributed by atoms with Crippen LogP contribution in [-0.4, -0.2) is 31.5 Å². The fourth-order valence-electron chi connectivity index (χ4n) is 1.92. The summed E-state index contributed by atoms with van der Waals surface area (Å²) in [5.41, 5.74) is 5.51. The Morgan fingerprint density at radius 1 is 1.50 bits per heavy atom. The molecule has 0 amide bonds. The number of benzene rings is 1. The van der Waals surface area contributed by atoms with E-state index >= 15 is 0 Å². The second-order valence-electron chi connectivity index (χ2n) is 4.57. The Hall–Kier alpha value is -0.980. The number of phenolic OH excluding ortho intramolecular Hbond substituents is 1. The molecule has 0 bridgehead atoms. The monoisotopic (exact) mass is 291 g/mol. The molecule has 0 radical (unpaired) electrons. The van der Waals surface area contributed by atoms with E-state index in [4.69, 9.17) is 22.1 Å². The Morgan fingerprint density at radius 3 is 2.72 bits per heavy atom. The summed E-state index contributed by atoms with van der Waals surface area (Å²) in [4.78, 5) is -0.308. The number of nitrogen functional groups attached to an aromatic ring is 1. The molecule has 0 spiro atoms. The first kappa shape index (κ1) is 13.5. The van der Waals surface area contributed by atoms with Gasteiger partial charge < -0.3 is 15.6 Å². The molecule has 100 valence electrons. The van der Waals surface area contributed by atoms with Crippen LogP contribution < -0.4 is 5.73 Å². The highest BCUT2D eigenvalue weighted by molar-refractivity contribution is 7.93. The number of hydrogen-bond donors (Lipinski definition) is 2. The Balaban J connectivity index is 2.65. The summed E-state index contributed by atoms with van der Waals surface area (Å²) >= 11 is 5.89. The lowest BCUT2D eigenvalue weighted by molar-refractivity contribution is 0.191. The zero-order valence-corrected chi connectivity index (χ0v) is 11.4. The SMILES string of the molecule is C[C@@]1(S(=O)(=O)c2c(Cl)ccc(N)c2O)CCOC1. The van der Waals surface area contributed by atoms with E-state index in [1.165, 1.54) is 12.1 Å². The van der Waals surface area contributed by atoms with E-state index in [2.05, 4.69) is 0 Å². The first-order valence-electron chi connectivity index (χ1n) is 5.39. The average molecular weight is 292 g/mol. The van der Waals surface area contributed by atoms with Crippen molar-refractivity contribution in [2.24, 2.45) is 0 Å². The van der Waals surface area contributed by atoms with E-state index in [1.807, 2.05) is 0 Å². The van der Waals surface area contributed by atoms with Crippen molar-refractivity contribution in [1.82, 2.24) is 0 Å². The molecule has 1 atom stereocenters. The molecule has 1 aliphatic rings. The van der Waals surface area contributed by atoms with Crippen molar-refractivity contribution in [2.45, 2.75) is 23.0 Å². The zero-order valence-electron chi connectivity index (χ0n) is 9.81. The van der Waals surface area contributed by atoms with Crippen LogP contribution in [0.15, 0.2) is 17.0 Å². The van der Waals surface area contributed by atoms with Gasteiger partial charge in [0.05, 0.1) is 22.1 Å². The van der Waals surface area contributed by atoms with Gasteiger partial charge in [0, 0.05) is 6.61 Å². The number of hydrogen-bond acceptors (Lipinski definition) is 5. The quantitative estimate of drug-likeness (QED) is 0.638. The molecule has 2 rings (SSSR count). The lowest BCUT2D eigenvalue weighted by atomic mass is 10.1. The smallest absolute Gasteiger partial charge is 0.191 e. The normalized spacial score (nSPS) is 24.3. The Labute approximate surface area is 110 Å². The van der Waals surface area contributed by atoms with Gasteiger partial charge in [0.25, 0.3) is 0 Å². The number of ether oxygens (including phenoxy) is 1. The highest BCUT2D eigenvalue weighted by atomic mass is 35.5. The third-order valence-corrected chi connectivity index (χ3v) is 6.21. The van der Waals surface area contributed by atoms with Gasteiger partial charge in [-0.1, -0.05) is 11.6 Å². The Bertz CT molecular complexity index is 579. The number of anilines is 1. The van der Waals surface area contributed by atoms with Crippen LogP contribution in [-0.2, 0) is 14.6 Å². The first-order chi connectivity index (χ1) is 8.29. The molecule has 0 aromatic heterocycles. The van der Waals surface area contributed by atoms with Gasteiger partial charge in [-0.2, -0.15) is 0 Å². The number of aromatic hydroxyl groups is 1. The first-order valence-corrected chi connectivity index (χ1v) is 7.25. The van der Waals surface area contributed by atoms with E-state index in [0.29, 0.717) is 13.0 Å². The molecule has 5 nitrogen and oxygen atoms in total. The number of phenols is 1. The van der Waals surface area contributed by atoms with Gasteiger partial charge in [-0.3, -0.25) is 0 Å². The highest BCUT2D eigenvalue weighted by Crippen LogP contribution is 2.42. The maximum absolute atomic E-state index is 12.6. The lowest BCUT2D eigenvalue weighted by Crippen LogP contribution is -2.36. The van der Waals surface area contributed by atoms with E-state index in [-0.39, 0.29) is 22.2 Å². The van der Waals surface area contributed by atoms with Gasteiger partial charge in [-0.25, -0.2) is 8.42 Å². The second-order valence-corrected chi connectivity index (χ2v) is 7.38. The van der Waals surface area contributed by atoms with E-state index in [0.717, 1.165) is 0 Å². The second kappa shape index (κ2) is 4.29. The van der Waals surface area contributed by atoms with Gasteiger partial charge in [0.2, 0.25) is 0 Å². The van der Waals surface area contributed by atoms with Crippen LogP contribution in [0.1, 0.15) is 13.3 Å². The van der Waals surface area contributed by atoms with E-state index in [9.17, 15) is 13.5 Å². The highest BCUT2D eigenvalue weighted by Gasteiger charge is 2.46. The predicted molar refractivity (Wildman–Crippen MR) is 68.6 cm³/mol. The molecule has 1 heterocycles. The third-order valence-electron chi connectivity index (χ3n) is 3.21. The van der Waals surface area contributed by atoms with E-state index in [1.54, 1.807) is 6.92 Å². The fourth-order valence-corrected chi connectivity index (χ4v) is 4.16. The van der Waals surface area contributed by atoms with Crippen molar-refractivity contribution < 1.29 is 18.3 Å². The van der Waals surface area contributed by atoms with Crippen molar-refractivity contribution in [3.05, 3.63) is 17.2 Å². The third kappa shape index (κ3) is 1.84. The molecule has 0 aliphatic carbocycles. The van der Waals surface area contributed by atoms with Crippen LogP contribution in [0.4, 0.5) is 5.69 Å². The minimum absolute atomic E-state index is 0.0134. The van der Waals surface area contributed by atoms with Gasteiger partial charge >= 0.3 is 0 Å². The van der Waals surface area contributed by atoms with Crippen molar-refractivity contribution in [1.29, 1.82) is 0 Å². The molecule has 0 unspecified atom stereocenters. The molecule has 1 fully saturated rings. The van der Waals surface area contributed by atoms with Crippen LogP contribution >= 0.6 is 11.6 Å². The van der Waals surface area contributed by atoms with Crippen LogP contribution in [0, 0.1) is 0 Å². The molecule has 0 saturated carbocycles. The van der Waals surface area contributed by atoms with Crippen molar-refractivity contribution in [3.63, 3.8) is 0 Å². The van der Waals surface area contributed by atoms with Gasteiger partial charge in [0.1, 0.15) is 4.90 Å². The standard InChI is InChI=1S/C11H14ClNO4S/c1-11(4-5-17-6-11)18(15,16)10-7(12)2-3-8(13)9(10)14/h2-3,14H,4-6,13H2,1H3/t11-/m1/s1. The van der Waals surface area contributed by atoms with Crippen molar-refractivity contribution >= 4 is 27.1 Å². The minimum Gasteiger partial charge on any atom is -0.504 e. The summed E-state index contributed by atoms with van der Waals surface area (Å²) in [5, 5.41) is 9.83. The van der Waals surface area contributed by atoms with Gasteiger partial charge in [-0.05, 0) is 25.5 Å². The van der Waals surface area contributed by atoms with Crippen LogP contribution in [0.5, 0.6) is 5.75 Å². The summed E-state index contributed by atoms with van der Waals surface area (Å²) in [5.74, 6) is -0.490. The lowest BCUT2D eigenvalue weighted by Gasteiger charge is -2.23. The number of sulfone groups is 1. The molecular weight excluding hydrogens is 278 g/mol. The molecule has 7 heteroatoms. The molecular formula is C11H14ClNO4S. The molecule has 3 N–H and O–H groups in total. The van der Waals surface area contributed by atoms with Crippen molar-refractivity contribution in [2.75, 3.05) is 18.9 Å².